The lowest BCUT2D eigenvalue weighted by molar-refractivity contribution is -0.159. The molecule has 0 saturated carbocycles. The van der Waals surface area contributed by atoms with Crippen molar-refractivity contribution in [1.29, 1.82) is 0 Å². The van der Waals surface area contributed by atoms with Crippen molar-refractivity contribution in [3.63, 3.8) is 0 Å². The summed E-state index contributed by atoms with van der Waals surface area (Å²) < 4.78 is 12.8. The van der Waals surface area contributed by atoms with Crippen LogP contribution < -0.4 is 0 Å². The molecule has 1 aliphatic heterocycles. The van der Waals surface area contributed by atoms with Gasteiger partial charge in [-0.1, -0.05) is 0 Å². The predicted octanol–water partition coefficient (Wildman–Crippen LogP) is 1.29. The molecular formula is C21H31N5O7. The number of nitrogens with zero attached hydrogens (tertiary/aromatic N) is 5. The zero-order valence-corrected chi connectivity index (χ0v) is 19.1. The van der Waals surface area contributed by atoms with Gasteiger partial charge in [-0.25, -0.2) is 24.4 Å². The van der Waals surface area contributed by atoms with Crippen LogP contribution in [0.25, 0.3) is 11.2 Å². The first-order valence-corrected chi connectivity index (χ1v) is 10.8. The Morgan fingerprint density at radius 2 is 1.88 bits per heavy atom. The van der Waals surface area contributed by atoms with Crippen LogP contribution in [0.2, 0.25) is 0 Å². The summed E-state index contributed by atoms with van der Waals surface area (Å²) in [5.74, 6) is -2.66. The van der Waals surface area contributed by atoms with Crippen molar-refractivity contribution in [2.45, 2.75) is 39.9 Å². The average molecular weight is 466 g/mol. The number of aliphatic carboxylic acids is 2. The van der Waals surface area contributed by atoms with Gasteiger partial charge in [-0.3, -0.25) is 4.90 Å². The number of piperazine rings is 1. The molecule has 33 heavy (non-hydrogen) atoms. The van der Waals surface area contributed by atoms with E-state index in [2.05, 4.69) is 21.4 Å². The van der Waals surface area contributed by atoms with E-state index >= 15 is 0 Å². The minimum absolute atomic E-state index is 0.108. The van der Waals surface area contributed by atoms with Gasteiger partial charge in [-0.15, -0.1) is 0 Å². The molecular weight excluding hydrogens is 434 g/mol. The number of fused-ring (bicyclic) bond motifs is 1. The molecule has 2 aromatic rings. The third-order valence-electron chi connectivity index (χ3n) is 5.01. The molecule has 3 rings (SSSR count). The number of aromatic nitrogens is 3. The monoisotopic (exact) mass is 465 g/mol. The summed E-state index contributed by atoms with van der Waals surface area (Å²) in [6, 6.07) is 4.01. The second-order valence-corrected chi connectivity index (χ2v) is 7.31. The highest BCUT2D eigenvalue weighted by molar-refractivity contribution is 6.27. The molecule has 0 bridgehead atoms. The van der Waals surface area contributed by atoms with Crippen LogP contribution in [-0.4, -0.2) is 98.1 Å². The number of carbonyl (C=O) groups is 3. The lowest BCUT2D eigenvalue weighted by Gasteiger charge is -2.38. The van der Waals surface area contributed by atoms with Gasteiger partial charge in [-0.05, 0) is 32.9 Å². The normalized spacial score (nSPS) is 16.2. The van der Waals surface area contributed by atoms with Crippen molar-refractivity contribution < 1.29 is 34.1 Å². The predicted molar refractivity (Wildman–Crippen MR) is 118 cm³/mol. The average Bonchev–Trinajstić information content (AvgIpc) is 3.11. The molecule has 0 spiro atoms. The maximum Gasteiger partial charge on any atom is 0.414 e. The molecule has 1 unspecified atom stereocenters. The fourth-order valence-corrected chi connectivity index (χ4v) is 3.52. The Morgan fingerprint density at radius 3 is 2.48 bits per heavy atom. The van der Waals surface area contributed by atoms with E-state index in [1.807, 2.05) is 26.0 Å². The number of amides is 1. The molecule has 3 heterocycles. The third-order valence-corrected chi connectivity index (χ3v) is 5.01. The van der Waals surface area contributed by atoms with Crippen LogP contribution in [0, 0.1) is 0 Å². The van der Waals surface area contributed by atoms with E-state index in [1.165, 1.54) is 0 Å². The van der Waals surface area contributed by atoms with E-state index in [0.29, 0.717) is 26.4 Å². The zero-order chi connectivity index (χ0) is 24.4. The van der Waals surface area contributed by atoms with Crippen molar-refractivity contribution in [1.82, 2.24) is 24.3 Å². The number of carboxylic acids is 2. The summed E-state index contributed by atoms with van der Waals surface area (Å²) in [5.41, 5.74) is 1.80. The topological polar surface area (TPSA) is 147 Å². The SMILES string of the molecule is CCOCCn1c(CN2CCN(C(=O)OCC)C(C)C2)nc2cccnc21.O=C(O)C(=O)O. The van der Waals surface area contributed by atoms with Gasteiger partial charge in [0.2, 0.25) is 0 Å². The number of carbonyl (C=O) groups excluding carboxylic acids is 1. The smallest absolute Gasteiger partial charge is 0.414 e. The number of rotatable bonds is 7. The minimum Gasteiger partial charge on any atom is -0.473 e. The van der Waals surface area contributed by atoms with Crippen molar-refractivity contribution in [3.8, 4) is 0 Å². The molecule has 0 aliphatic carbocycles. The maximum absolute atomic E-state index is 12.0. The lowest BCUT2D eigenvalue weighted by atomic mass is 10.2. The molecule has 1 amide bonds. The lowest BCUT2D eigenvalue weighted by Crippen LogP contribution is -2.53. The standard InChI is InChI=1S/C19H29N5O3.C2H2O4/c1-4-26-12-11-24-17(21-16-7-6-8-20-18(16)24)14-22-9-10-23(15(3)13-22)19(25)27-5-2;3-1(4)2(5)6/h6-8,15H,4-5,9-14H2,1-3H3;(H,3,4)(H,5,6). The van der Waals surface area contributed by atoms with Crippen LogP contribution in [0.15, 0.2) is 18.3 Å². The number of hydrogen-bond donors (Lipinski definition) is 2. The van der Waals surface area contributed by atoms with Crippen LogP contribution in [0.3, 0.4) is 0 Å². The van der Waals surface area contributed by atoms with Crippen molar-refractivity contribution >= 4 is 29.2 Å². The Morgan fingerprint density at radius 1 is 1.15 bits per heavy atom. The largest absolute Gasteiger partial charge is 0.473 e. The van der Waals surface area contributed by atoms with Crippen LogP contribution >= 0.6 is 0 Å². The molecule has 1 fully saturated rings. The Balaban J connectivity index is 0.000000569. The Hall–Kier alpha value is -3.25. The fraction of sp³-hybridized carbons (Fsp3) is 0.571. The van der Waals surface area contributed by atoms with Gasteiger partial charge in [-0.2, -0.15) is 0 Å². The highest BCUT2D eigenvalue weighted by Crippen LogP contribution is 2.18. The molecule has 12 heteroatoms. The van der Waals surface area contributed by atoms with Crippen LogP contribution in [0.5, 0.6) is 0 Å². The van der Waals surface area contributed by atoms with E-state index in [1.54, 1.807) is 11.1 Å². The van der Waals surface area contributed by atoms with Crippen LogP contribution in [-0.2, 0) is 32.2 Å². The van der Waals surface area contributed by atoms with E-state index < -0.39 is 11.9 Å². The number of ether oxygens (including phenoxy) is 2. The Kier molecular flexibility index (Phi) is 10.0. The summed E-state index contributed by atoms with van der Waals surface area (Å²) in [6.07, 6.45) is 1.57. The minimum atomic E-state index is -1.82. The molecule has 12 nitrogen and oxygen atoms in total. The van der Waals surface area contributed by atoms with Gasteiger partial charge in [0.05, 0.1) is 19.8 Å². The molecule has 0 aromatic carbocycles. The number of hydrogen-bond acceptors (Lipinski definition) is 8. The van der Waals surface area contributed by atoms with E-state index in [0.717, 1.165) is 43.2 Å². The van der Waals surface area contributed by atoms with Gasteiger partial charge in [0.15, 0.2) is 5.65 Å². The molecule has 1 atom stereocenters. The molecule has 182 valence electrons. The number of carboxylic acid groups (broad SMARTS) is 2. The fourth-order valence-electron chi connectivity index (χ4n) is 3.52. The van der Waals surface area contributed by atoms with Gasteiger partial charge in [0.25, 0.3) is 0 Å². The first kappa shape index (κ1) is 26.0. The number of pyridine rings is 1. The van der Waals surface area contributed by atoms with Gasteiger partial charge < -0.3 is 29.2 Å². The van der Waals surface area contributed by atoms with Crippen LogP contribution in [0.1, 0.15) is 26.6 Å². The first-order valence-electron chi connectivity index (χ1n) is 10.8. The Labute approximate surface area is 191 Å². The quantitative estimate of drug-likeness (QED) is 0.453. The van der Waals surface area contributed by atoms with Gasteiger partial charge >= 0.3 is 18.0 Å². The second kappa shape index (κ2) is 12.7. The Bertz CT molecular complexity index is 936. The third kappa shape index (κ3) is 7.39. The van der Waals surface area contributed by atoms with Gasteiger partial charge in [0.1, 0.15) is 11.3 Å². The molecule has 2 aromatic heterocycles. The van der Waals surface area contributed by atoms with Crippen LogP contribution in [0.4, 0.5) is 4.79 Å². The second-order valence-electron chi connectivity index (χ2n) is 7.31. The molecule has 1 aliphatic rings. The van der Waals surface area contributed by atoms with E-state index in [4.69, 9.17) is 34.3 Å². The highest BCUT2D eigenvalue weighted by atomic mass is 16.6. The first-order chi connectivity index (χ1) is 15.8. The molecule has 2 N–H and O–H groups in total. The summed E-state index contributed by atoms with van der Waals surface area (Å²) in [5, 5.41) is 14.8. The molecule has 0 radical (unpaired) electrons. The van der Waals surface area contributed by atoms with Gasteiger partial charge in [0, 0.05) is 45.0 Å². The van der Waals surface area contributed by atoms with E-state index in [9.17, 15) is 4.79 Å². The zero-order valence-electron chi connectivity index (χ0n) is 19.1. The van der Waals surface area contributed by atoms with Crippen molar-refractivity contribution in [2.75, 3.05) is 39.5 Å². The van der Waals surface area contributed by atoms with E-state index in [-0.39, 0.29) is 12.1 Å². The number of imidazole rings is 1. The highest BCUT2D eigenvalue weighted by Gasteiger charge is 2.29. The summed E-state index contributed by atoms with van der Waals surface area (Å²) in [4.78, 5) is 43.7. The summed E-state index contributed by atoms with van der Waals surface area (Å²) in [6.45, 7) is 11.3. The summed E-state index contributed by atoms with van der Waals surface area (Å²) >= 11 is 0. The van der Waals surface area contributed by atoms with Crippen molar-refractivity contribution in [3.05, 3.63) is 24.2 Å². The maximum atomic E-state index is 12.0. The molecule has 1 saturated heterocycles. The summed E-state index contributed by atoms with van der Waals surface area (Å²) in [7, 11) is 0. The van der Waals surface area contributed by atoms with Crippen molar-refractivity contribution in [2.24, 2.45) is 0 Å².